The van der Waals surface area contributed by atoms with Gasteiger partial charge in [-0.1, -0.05) is 24.3 Å². The van der Waals surface area contributed by atoms with E-state index in [9.17, 15) is 8.42 Å². The monoisotopic (exact) mass is 440 g/mol. The Balaban J connectivity index is 0.00000300. The Morgan fingerprint density at radius 1 is 1.00 bits per heavy atom. The number of rotatable bonds is 9. The number of fused-ring (bicyclic) bond motifs is 1. The molecular weight excluding hydrogens is 412 g/mol. The fraction of sp³-hybridized carbons (Fsp3) is 0.429. The normalized spacial score (nSPS) is 14.0. The first-order valence-electron chi connectivity index (χ1n) is 9.54. The zero-order chi connectivity index (χ0) is 20.0. The van der Waals surface area contributed by atoms with E-state index < -0.39 is 10.0 Å². The van der Waals surface area contributed by atoms with Gasteiger partial charge < -0.3 is 9.47 Å². The predicted octanol–water partition coefficient (Wildman–Crippen LogP) is 3.24. The molecule has 1 N–H and O–H groups in total. The maximum absolute atomic E-state index is 12.5. The minimum Gasteiger partial charge on any atom is -0.493 e. The van der Waals surface area contributed by atoms with Gasteiger partial charge in [0.2, 0.25) is 10.0 Å². The summed E-state index contributed by atoms with van der Waals surface area (Å²) < 4.78 is 38.0. The van der Waals surface area contributed by atoms with Gasteiger partial charge in [0.25, 0.3) is 0 Å². The molecule has 3 rings (SSSR count). The summed E-state index contributed by atoms with van der Waals surface area (Å²) in [6.45, 7) is 3.44. The van der Waals surface area contributed by atoms with Gasteiger partial charge >= 0.3 is 0 Å². The molecule has 0 saturated heterocycles. The lowest BCUT2D eigenvalue weighted by atomic mass is 10.00. The number of sulfonamides is 1. The maximum atomic E-state index is 12.5. The van der Waals surface area contributed by atoms with Gasteiger partial charge in [-0.15, -0.1) is 12.4 Å². The number of methoxy groups -OCH3 is 2. The van der Waals surface area contributed by atoms with Crippen molar-refractivity contribution in [2.45, 2.75) is 30.7 Å². The number of nitrogens with zero attached hydrogens (tertiary/aromatic N) is 1. The third-order valence-electron chi connectivity index (χ3n) is 5.07. The number of ether oxygens (including phenoxy) is 2. The highest BCUT2D eigenvalue weighted by Crippen LogP contribution is 2.29. The van der Waals surface area contributed by atoms with Crippen molar-refractivity contribution in [2.75, 3.05) is 33.9 Å². The van der Waals surface area contributed by atoms with E-state index in [-0.39, 0.29) is 17.3 Å². The molecule has 8 heteroatoms. The van der Waals surface area contributed by atoms with Crippen LogP contribution in [0.5, 0.6) is 11.5 Å². The molecule has 0 aromatic heterocycles. The smallest absolute Gasteiger partial charge is 0.240 e. The Morgan fingerprint density at radius 3 is 2.45 bits per heavy atom. The minimum atomic E-state index is -3.56. The summed E-state index contributed by atoms with van der Waals surface area (Å²) in [5, 5.41) is 0. The van der Waals surface area contributed by atoms with E-state index in [1.807, 2.05) is 0 Å². The average Bonchev–Trinajstić information content (AvgIpc) is 2.72. The molecule has 1 heterocycles. The van der Waals surface area contributed by atoms with Gasteiger partial charge in [-0.2, -0.15) is 0 Å². The number of hydrogen-bond donors (Lipinski definition) is 1. The van der Waals surface area contributed by atoms with E-state index in [2.05, 4.69) is 33.9 Å². The summed E-state index contributed by atoms with van der Waals surface area (Å²) in [4.78, 5) is 2.61. The van der Waals surface area contributed by atoms with Gasteiger partial charge in [0.15, 0.2) is 11.5 Å². The second-order valence-electron chi connectivity index (χ2n) is 6.92. The Bertz CT molecular complexity index is 905. The number of hydrogen-bond acceptors (Lipinski definition) is 5. The molecule has 1 aliphatic rings. The van der Waals surface area contributed by atoms with Crippen molar-refractivity contribution in [3.8, 4) is 11.5 Å². The largest absolute Gasteiger partial charge is 0.493 e. The average molecular weight is 441 g/mol. The molecule has 0 saturated carbocycles. The fourth-order valence-corrected chi connectivity index (χ4v) is 4.57. The first-order valence-corrected chi connectivity index (χ1v) is 11.0. The zero-order valence-corrected chi connectivity index (χ0v) is 18.5. The van der Waals surface area contributed by atoms with Crippen LogP contribution in [0.2, 0.25) is 0 Å². The molecule has 29 heavy (non-hydrogen) atoms. The van der Waals surface area contributed by atoms with E-state index in [0.29, 0.717) is 18.0 Å². The molecule has 0 radical (unpaired) electrons. The van der Waals surface area contributed by atoms with Crippen LogP contribution in [0.4, 0.5) is 0 Å². The molecular formula is C21H29ClN2O4S. The molecule has 0 fully saturated rings. The van der Waals surface area contributed by atoms with Crippen molar-refractivity contribution in [1.82, 2.24) is 9.62 Å². The lowest BCUT2D eigenvalue weighted by Gasteiger charge is -2.28. The van der Waals surface area contributed by atoms with Gasteiger partial charge in [-0.05, 0) is 49.1 Å². The van der Waals surface area contributed by atoms with Crippen LogP contribution in [0, 0.1) is 0 Å². The predicted molar refractivity (Wildman–Crippen MR) is 117 cm³/mol. The molecule has 6 nitrogen and oxygen atoms in total. The highest BCUT2D eigenvalue weighted by molar-refractivity contribution is 7.89. The summed E-state index contributed by atoms with van der Waals surface area (Å²) in [5.74, 6) is 0.903. The number of nitrogens with one attached hydrogen (secondary N) is 1. The van der Waals surface area contributed by atoms with Crippen LogP contribution in [0.15, 0.2) is 47.4 Å². The van der Waals surface area contributed by atoms with Gasteiger partial charge in [-0.3, -0.25) is 4.90 Å². The zero-order valence-electron chi connectivity index (χ0n) is 16.9. The molecule has 0 unspecified atom stereocenters. The van der Waals surface area contributed by atoms with Crippen LogP contribution >= 0.6 is 12.4 Å². The van der Waals surface area contributed by atoms with Crippen molar-refractivity contribution in [1.29, 1.82) is 0 Å². The summed E-state index contributed by atoms with van der Waals surface area (Å²) in [6, 6.07) is 13.2. The van der Waals surface area contributed by atoms with Crippen molar-refractivity contribution < 1.29 is 17.9 Å². The molecule has 160 valence electrons. The van der Waals surface area contributed by atoms with Gasteiger partial charge in [0, 0.05) is 25.7 Å². The Kier molecular flexibility index (Phi) is 8.77. The first kappa shape index (κ1) is 23.5. The summed E-state index contributed by atoms with van der Waals surface area (Å²) in [7, 11) is -0.556. The van der Waals surface area contributed by atoms with Gasteiger partial charge in [0.05, 0.1) is 19.1 Å². The molecule has 0 atom stereocenters. The third kappa shape index (κ3) is 6.09. The number of unbranched alkanes of at least 4 members (excludes halogenated alkanes) is 1. The molecule has 2 aromatic carbocycles. The van der Waals surface area contributed by atoms with Crippen LogP contribution in [0.1, 0.15) is 24.0 Å². The van der Waals surface area contributed by atoms with Crippen LogP contribution in [0.3, 0.4) is 0 Å². The number of benzene rings is 2. The van der Waals surface area contributed by atoms with E-state index in [1.54, 1.807) is 6.07 Å². The van der Waals surface area contributed by atoms with E-state index in [4.69, 9.17) is 9.47 Å². The van der Waals surface area contributed by atoms with Crippen molar-refractivity contribution >= 4 is 22.4 Å². The third-order valence-corrected chi connectivity index (χ3v) is 6.53. The van der Waals surface area contributed by atoms with Gasteiger partial charge in [0.1, 0.15) is 0 Å². The second-order valence-corrected chi connectivity index (χ2v) is 8.68. The SMILES string of the molecule is COc1ccc(S(=O)(=O)NCCCCN2CCc3ccccc3C2)cc1OC.Cl. The van der Waals surface area contributed by atoms with Crippen LogP contribution < -0.4 is 14.2 Å². The fourth-order valence-electron chi connectivity index (χ4n) is 3.48. The molecule has 0 spiro atoms. The first-order chi connectivity index (χ1) is 13.5. The van der Waals surface area contributed by atoms with Crippen LogP contribution in [-0.2, 0) is 23.0 Å². The molecule has 0 bridgehead atoms. The molecule has 1 aliphatic heterocycles. The van der Waals surface area contributed by atoms with E-state index in [0.717, 1.165) is 38.9 Å². The van der Waals surface area contributed by atoms with Crippen molar-refractivity contribution in [3.63, 3.8) is 0 Å². The Hall–Kier alpha value is -1.80. The second kappa shape index (κ2) is 10.8. The number of halogens is 1. The lowest BCUT2D eigenvalue weighted by molar-refractivity contribution is 0.249. The summed E-state index contributed by atoms with van der Waals surface area (Å²) in [6.07, 6.45) is 2.84. The lowest BCUT2D eigenvalue weighted by Crippen LogP contribution is -2.32. The quantitative estimate of drug-likeness (QED) is 0.606. The molecule has 0 amide bonds. The molecule has 0 aliphatic carbocycles. The van der Waals surface area contributed by atoms with Crippen molar-refractivity contribution in [2.24, 2.45) is 0 Å². The topological polar surface area (TPSA) is 67.9 Å². The standard InChI is InChI=1S/C21H28N2O4S.ClH/c1-26-20-10-9-19(15-21(20)27-2)28(24,25)22-12-5-6-13-23-14-11-17-7-3-4-8-18(17)16-23;/h3-4,7-10,15,22H,5-6,11-14,16H2,1-2H3;1H. The Morgan fingerprint density at radius 2 is 1.72 bits per heavy atom. The van der Waals surface area contributed by atoms with Crippen molar-refractivity contribution in [3.05, 3.63) is 53.6 Å². The van der Waals surface area contributed by atoms with Crippen LogP contribution in [-0.4, -0.2) is 47.2 Å². The van der Waals surface area contributed by atoms with Crippen LogP contribution in [0.25, 0.3) is 0 Å². The van der Waals surface area contributed by atoms with Gasteiger partial charge in [-0.25, -0.2) is 13.1 Å². The van der Waals surface area contributed by atoms with E-state index in [1.165, 1.54) is 37.5 Å². The van der Waals surface area contributed by atoms with E-state index >= 15 is 0 Å². The molecule has 2 aromatic rings. The Labute approximate surface area is 179 Å². The summed E-state index contributed by atoms with van der Waals surface area (Å²) >= 11 is 0. The summed E-state index contributed by atoms with van der Waals surface area (Å²) in [5.41, 5.74) is 2.85. The highest BCUT2D eigenvalue weighted by Gasteiger charge is 2.17. The maximum Gasteiger partial charge on any atom is 0.240 e. The minimum absolute atomic E-state index is 0. The highest BCUT2D eigenvalue weighted by atomic mass is 35.5.